The molecule has 0 saturated heterocycles. The van der Waals surface area contributed by atoms with E-state index in [-0.39, 0.29) is 19.3 Å². The molecular formula is C35H59N9O10. The lowest BCUT2D eigenvalue weighted by Gasteiger charge is -2.28. The summed E-state index contributed by atoms with van der Waals surface area (Å²) in [6, 6.07) is -0.239. The van der Waals surface area contributed by atoms with Crippen LogP contribution in [-0.2, 0) is 40.0 Å². The minimum absolute atomic E-state index is 0.0412. The van der Waals surface area contributed by atoms with Crippen LogP contribution in [0, 0.1) is 5.92 Å². The van der Waals surface area contributed by atoms with E-state index in [4.69, 9.17) is 22.3 Å². The Hall–Kier alpha value is -4.69. The molecule has 1 aromatic rings. The molecule has 0 aliphatic heterocycles. The van der Waals surface area contributed by atoms with Crippen LogP contribution >= 0.6 is 0 Å². The van der Waals surface area contributed by atoms with E-state index in [2.05, 4.69) is 31.9 Å². The van der Waals surface area contributed by atoms with Crippen molar-refractivity contribution in [1.29, 1.82) is 0 Å². The van der Waals surface area contributed by atoms with Crippen LogP contribution in [-0.4, -0.2) is 125 Å². The Morgan fingerprint density at radius 1 is 0.593 bits per heavy atom. The Morgan fingerprint density at radius 2 is 1.07 bits per heavy atom. The number of carboxylic acid groups (broad SMARTS) is 1. The van der Waals surface area contributed by atoms with Crippen molar-refractivity contribution in [2.24, 2.45) is 23.1 Å². The van der Waals surface area contributed by atoms with Gasteiger partial charge in [-0.2, -0.15) is 0 Å². The molecule has 0 spiro atoms. The quantitative estimate of drug-likeness (QED) is 0.0408. The average Bonchev–Trinajstić information content (AvgIpc) is 3.14. The summed E-state index contributed by atoms with van der Waals surface area (Å²) in [4.78, 5) is 90.9. The van der Waals surface area contributed by atoms with Crippen LogP contribution in [0.15, 0.2) is 30.3 Å². The molecule has 6 amide bonds. The largest absolute Gasteiger partial charge is 0.480 e. The molecule has 1 aromatic carbocycles. The fraction of sp³-hybridized carbons (Fsp3) is 0.629. The minimum Gasteiger partial charge on any atom is -0.480 e. The Labute approximate surface area is 315 Å². The van der Waals surface area contributed by atoms with E-state index < -0.39 is 103 Å². The second kappa shape index (κ2) is 25.4. The van der Waals surface area contributed by atoms with Gasteiger partial charge in [0, 0.05) is 6.42 Å². The molecule has 0 unspecified atom stereocenters. The number of carboxylic acids is 1. The van der Waals surface area contributed by atoms with E-state index in [9.17, 15) is 43.8 Å². The molecule has 0 fully saturated rings. The van der Waals surface area contributed by atoms with Crippen molar-refractivity contribution in [3.63, 3.8) is 0 Å². The zero-order valence-corrected chi connectivity index (χ0v) is 31.2. The number of rotatable bonds is 26. The summed E-state index contributed by atoms with van der Waals surface area (Å²) in [6.45, 7) is 3.79. The number of aliphatic hydroxyl groups is 2. The third-order valence-electron chi connectivity index (χ3n) is 8.41. The molecular weight excluding hydrogens is 706 g/mol. The molecule has 0 aromatic heterocycles. The zero-order chi connectivity index (χ0) is 40.8. The van der Waals surface area contributed by atoms with Gasteiger partial charge in [-0.3, -0.25) is 28.8 Å². The SMILES string of the molecule is CC(C)[C@H](NC(=O)[C@H](CCCCN)NC(=O)[C@H](CCCCN)NC(=O)[C@H](C)NC(=O)[C@@H](N)CO)C(=O)N[C@@H](Cc1ccccc1)C(=O)N[C@@H](CO)C(=O)O. The van der Waals surface area contributed by atoms with Crippen molar-refractivity contribution in [2.75, 3.05) is 26.3 Å². The minimum atomic E-state index is -1.62. The molecule has 0 radical (unpaired) electrons. The van der Waals surface area contributed by atoms with Crippen LogP contribution in [0.3, 0.4) is 0 Å². The predicted octanol–water partition coefficient (Wildman–Crippen LogP) is -3.53. The second-order valence-electron chi connectivity index (χ2n) is 13.3. The summed E-state index contributed by atoms with van der Waals surface area (Å²) in [5.41, 5.74) is 17.4. The van der Waals surface area contributed by atoms with Gasteiger partial charge in [0.15, 0.2) is 0 Å². The number of benzene rings is 1. The fourth-order valence-corrected chi connectivity index (χ4v) is 5.13. The lowest BCUT2D eigenvalue weighted by Crippen LogP contribution is -2.60. The number of amides is 6. The molecule has 19 nitrogen and oxygen atoms in total. The van der Waals surface area contributed by atoms with E-state index in [0.29, 0.717) is 44.3 Å². The molecule has 0 bridgehead atoms. The average molecular weight is 766 g/mol. The first kappa shape index (κ1) is 47.3. The first-order valence-corrected chi connectivity index (χ1v) is 18.1. The zero-order valence-electron chi connectivity index (χ0n) is 31.2. The standard InChI is InChI=1S/C35H59N9O10/c1-20(2)28(34(52)42-26(17-22-11-5-4-6-12-22)33(51)43-27(19-46)35(53)54)44-32(50)25(14-8-10-16-37)41-31(49)24(13-7-9-15-36)40-29(47)21(3)39-30(48)23(38)18-45/h4-6,11-12,20-21,23-28,45-46H,7-10,13-19,36-38H2,1-3H3,(H,39,48)(H,40,47)(H,41,49)(H,42,52)(H,43,51)(H,44,50)(H,53,54)/t21-,23-,24-,25-,26-,27-,28-/m0/s1. The van der Waals surface area contributed by atoms with Gasteiger partial charge in [0.2, 0.25) is 35.4 Å². The number of nitrogens with one attached hydrogen (secondary N) is 6. The van der Waals surface area contributed by atoms with Crippen LogP contribution in [0.1, 0.15) is 64.9 Å². The monoisotopic (exact) mass is 765 g/mol. The highest BCUT2D eigenvalue weighted by molar-refractivity contribution is 5.97. The Kier molecular flexibility index (Phi) is 22.2. The molecule has 19 heteroatoms. The number of aliphatic carboxylic acids is 1. The van der Waals surface area contributed by atoms with E-state index in [1.54, 1.807) is 44.2 Å². The van der Waals surface area contributed by atoms with Crippen LogP contribution < -0.4 is 49.1 Å². The highest BCUT2D eigenvalue weighted by Gasteiger charge is 2.34. The molecule has 0 aliphatic carbocycles. The maximum absolute atomic E-state index is 13.8. The summed E-state index contributed by atoms with van der Waals surface area (Å²) in [7, 11) is 0. The van der Waals surface area contributed by atoms with E-state index in [1.807, 2.05) is 0 Å². The van der Waals surface area contributed by atoms with E-state index in [0.717, 1.165) is 0 Å². The number of hydrogen-bond donors (Lipinski definition) is 12. The van der Waals surface area contributed by atoms with Crippen molar-refractivity contribution >= 4 is 41.4 Å². The highest BCUT2D eigenvalue weighted by atomic mass is 16.4. The third-order valence-corrected chi connectivity index (χ3v) is 8.41. The van der Waals surface area contributed by atoms with Gasteiger partial charge in [-0.1, -0.05) is 44.2 Å². The molecule has 0 heterocycles. The van der Waals surface area contributed by atoms with Gasteiger partial charge >= 0.3 is 5.97 Å². The molecule has 0 aliphatic rings. The van der Waals surface area contributed by atoms with Gasteiger partial charge in [-0.15, -0.1) is 0 Å². The van der Waals surface area contributed by atoms with Crippen molar-refractivity contribution in [1.82, 2.24) is 31.9 Å². The van der Waals surface area contributed by atoms with Crippen LogP contribution in [0.25, 0.3) is 0 Å². The van der Waals surface area contributed by atoms with Gasteiger partial charge in [-0.25, -0.2) is 4.79 Å². The number of carbonyl (C=O) groups is 7. The number of nitrogens with two attached hydrogens (primary N) is 3. The van der Waals surface area contributed by atoms with Gasteiger partial charge in [0.25, 0.3) is 0 Å². The van der Waals surface area contributed by atoms with Crippen molar-refractivity contribution in [3.8, 4) is 0 Å². The number of aliphatic hydroxyl groups excluding tert-OH is 2. The van der Waals surface area contributed by atoms with Gasteiger partial charge < -0.3 is 64.4 Å². The van der Waals surface area contributed by atoms with Gasteiger partial charge in [-0.05, 0) is 70.0 Å². The number of hydrogen-bond acceptors (Lipinski definition) is 12. The van der Waals surface area contributed by atoms with Crippen LogP contribution in [0.2, 0.25) is 0 Å². The van der Waals surface area contributed by atoms with E-state index >= 15 is 0 Å². The third kappa shape index (κ3) is 17.0. The Bertz CT molecular complexity index is 1370. The van der Waals surface area contributed by atoms with Crippen LogP contribution in [0.4, 0.5) is 0 Å². The summed E-state index contributed by atoms with van der Waals surface area (Å²) in [5.74, 6) is -6.57. The van der Waals surface area contributed by atoms with Crippen molar-refractivity contribution in [3.05, 3.63) is 35.9 Å². The molecule has 15 N–H and O–H groups in total. The lowest BCUT2D eigenvalue weighted by atomic mass is 9.99. The molecule has 54 heavy (non-hydrogen) atoms. The number of carbonyl (C=O) groups excluding carboxylic acids is 6. The maximum Gasteiger partial charge on any atom is 0.328 e. The molecule has 0 saturated carbocycles. The molecule has 7 atom stereocenters. The normalized spacial score (nSPS) is 15.0. The fourth-order valence-electron chi connectivity index (χ4n) is 5.13. The highest BCUT2D eigenvalue weighted by Crippen LogP contribution is 2.10. The first-order valence-electron chi connectivity index (χ1n) is 18.1. The van der Waals surface area contributed by atoms with Crippen molar-refractivity contribution in [2.45, 2.75) is 108 Å². The predicted molar refractivity (Wildman–Crippen MR) is 198 cm³/mol. The Balaban J connectivity index is 3.27. The molecule has 1 rings (SSSR count). The van der Waals surface area contributed by atoms with Gasteiger partial charge in [0.1, 0.15) is 42.3 Å². The van der Waals surface area contributed by atoms with Crippen LogP contribution in [0.5, 0.6) is 0 Å². The number of unbranched alkanes of at least 4 members (excludes halogenated alkanes) is 2. The van der Waals surface area contributed by atoms with Crippen molar-refractivity contribution < 1.29 is 48.9 Å². The van der Waals surface area contributed by atoms with Gasteiger partial charge in [0.05, 0.1) is 13.2 Å². The summed E-state index contributed by atoms with van der Waals surface area (Å²) >= 11 is 0. The summed E-state index contributed by atoms with van der Waals surface area (Å²) < 4.78 is 0. The first-order chi connectivity index (χ1) is 25.6. The summed E-state index contributed by atoms with van der Waals surface area (Å²) in [6.07, 6.45) is 2.12. The topological polar surface area (TPSA) is 330 Å². The molecule has 304 valence electrons. The maximum atomic E-state index is 13.8. The Morgan fingerprint density at radius 3 is 1.56 bits per heavy atom. The second-order valence-corrected chi connectivity index (χ2v) is 13.3. The van der Waals surface area contributed by atoms with E-state index in [1.165, 1.54) is 6.92 Å². The summed E-state index contributed by atoms with van der Waals surface area (Å²) in [5, 5.41) is 43.0. The lowest BCUT2D eigenvalue weighted by molar-refractivity contribution is -0.143. The smallest absolute Gasteiger partial charge is 0.328 e.